The lowest BCUT2D eigenvalue weighted by Crippen LogP contribution is -2.03. The zero-order valence-electron chi connectivity index (χ0n) is 10.6. The quantitative estimate of drug-likeness (QED) is 0.694. The van der Waals surface area contributed by atoms with Crippen LogP contribution in [-0.4, -0.2) is 20.4 Å². The molecule has 0 saturated carbocycles. The van der Waals surface area contributed by atoms with Crippen molar-refractivity contribution in [2.45, 2.75) is 6.42 Å². The van der Waals surface area contributed by atoms with Crippen LogP contribution in [0.15, 0.2) is 42.6 Å². The van der Waals surface area contributed by atoms with Crippen molar-refractivity contribution in [2.75, 3.05) is 5.88 Å². The Kier molecular flexibility index (Phi) is 3.36. The third kappa shape index (κ3) is 2.13. The van der Waals surface area contributed by atoms with Crippen LogP contribution in [-0.2, 0) is 6.42 Å². The van der Waals surface area contributed by atoms with E-state index in [2.05, 4.69) is 16.0 Å². The van der Waals surface area contributed by atoms with Crippen LogP contribution in [0, 0.1) is 11.3 Å². The first kappa shape index (κ1) is 12.6. The van der Waals surface area contributed by atoms with Crippen LogP contribution in [0.1, 0.15) is 11.4 Å². The predicted molar refractivity (Wildman–Crippen MR) is 78.0 cm³/mol. The normalized spacial score (nSPS) is 10.6. The number of aryl methyl sites for hydroxylation is 1. The van der Waals surface area contributed by atoms with Gasteiger partial charge in [0.15, 0.2) is 5.65 Å². The van der Waals surface area contributed by atoms with Gasteiger partial charge in [0.1, 0.15) is 11.3 Å². The zero-order chi connectivity index (χ0) is 13.9. The standard InChI is InChI=1S/C15H11ClN4/c16-7-6-14-19-13-5-2-8-18-15(13)20(14)12-4-1-3-11(9-12)10-17/h1-5,8-9H,6-7H2. The topological polar surface area (TPSA) is 54.5 Å². The minimum Gasteiger partial charge on any atom is -0.281 e. The van der Waals surface area contributed by atoms with Crippen molar-refractivity contribution >= 4 is 22.8 Å². The molecule has 0 bridgehead atoms. The summed E-state index contributed by atoms with van der Waals surface area (Å²) < 4.78 is 1.96. The van der Waals surface area contributed by atoms with E-state index >= 15 is 0 Å². The first-order valence-corrected chi connectivity index (χ1v) is 6.76. The average molecular weight is 283 g/mol. The Balaban J connectivity index is 2.27. The minimum absolute atomic E-state index is 0.487. The molecule has 0 radical (unpaired) electrons. The number of benzene rings is 1. The van der Waals surface area contributed by atoms with Gasteiger partial charge in [-0.15, -0.1) is 11.6 Å². The van der Waals surface area contributed by atoms with Gasteiger partial charge in [0.05, 0.1) is 17.3 Å². The number of aromatic nitrogens is 3. The van der Waals surface area contributed by atoms with Gasteiger partial charge in [-0.3, -0.25) is 4.57 Å². The average Bonchev–Trinajstić information content (AvgIpc) is 2.85. The minimum atomic E-state index is 0.487. The maximum atomic E-state index is 9.03. The molecule has 0 aliphatic heterocycles. The van der Waals surface area contributed by atoms with Crippen molar-refractivity contribution < 1.29 is 0 Å². The molecule has 5 heteroatoms. The molecule has 0 amide bonds. The van der Waals surface area contributed by atoms with Gasteiger partial charge in [0.25, 0.3) is 0 Å². The van der Waals surface area contributed by atoms with Crippen molar-refractivity contribution in [1.29, 1.82) is 5.26 Å². The van der Waals surface area contributed by atoms with Gasteiger partial charge >= 0.3 is 0 Å². The molecule has 0 atom stereocenters. The summed E-state index contributed by atoms with van der Waals surface area (Å²) in [6.45, 7) is 0. The molecule has 3 aromatic rings. The Morgan fingerprint density at radius 1 is 1.25 bits per heavy atom. The van der Waals surface area contributed by atoms with E-state index in [-0.39, 0.29) is 0 Å². The molecule has 98 valence electrons. The van der Waals surface area contributed by atoms with Crippen molar-refractivity contribution in [3.8, 4) is 11.8 Å². The molecule has 0 unspecified atom stereocenters. The fraction of sp³-hybridized carbons (Fsp3) is 0.133. The SMILES string of the molecule is N#Cc1cccc(-n2c(CCCl)nc3cccnc32)c1. The molecule has 0 N–H and O–H groups in total. The van der Waals surface area contributed by atoms with Gasteiger partial charge in [-0.1, -0.05) is 6.07 Å². The Morgan fingerprint density at radius 2 is 2.15 bits per heavy atom. The second-order valence-electron chi connectivity index (χ2n) is 4.31. The van der Waals surface area contributed by atoms with E-state index in [9.17, 15) is 0 Å². The van der Waals surface area contributed by atoms with Crippen LogP contribution in [0.2, 0.25) is 0 Å². The van der Waals surface area contributed by atoms with E-state index in [4.69, 9.17) is 16.9 Å². The molecule has 1 aromatic carbocycles. The van der Waals surface area contributed by atoms with Gasteiger partial charge in [-0.25, -0.2) is 9.97 Å². The molecule has 2 aromatic heterocycles. The lowest BCUT2D eigenvalue weighted by atomic mass is 10.2. The highest BCUT2D eigenvalue weighted by Crippen LogP contribution is 2.21. The highest BCUT2D eigenvalue weighted by Gasteiger charge is 2.13. The maximum Gasteiger partial charge on any atom is 0.164 e. The number of nitrogens with zero attached hydrogens (tertiary/aromatic N) is 4. The summed E-state index contributed by atoms with van der Waals surface area (Å²) in [4.78, 5) is 8.96. The molecule has 4 nitrogen and oxygen atoms in total. The smallest absolute Gasteiger partial charge is 0.164 e. The maximum absolute atomic E-state index is 9.03. The summed E-state index contributed by atoms with van der Waals surface area (Å²) in [6, 6.07) is 13.3. The number of nitriles is 1. The van der Waals surface area contributed by atoms with Gasteiger partial charge in [0, 0.05) is 18.5 Å². The predicted octanol–water partition coefficient (Wildman–Crippen LogP) is 3.07. The zero-order valence-corrected chi connectivity index (χ0v) is 11.4. The number of pyridine rings is 1. The van der Waals surface area contributed by atoms with Crippen LogP contribution in [0.5, 0.6) is 0 Å². The van der Waals surface area contributed by atoms with Crippen molar-refractivity contribution in [1.82, 2.24) is 14.5 Å². The van der Waals surface area contributed by atoms with Gasteiger partial charge in [-0.05, 0) is 30.3 Å². The molecule has 0 fully saturated rings. The van der Waals surface area contributed by atoms with Gasteiger partial charge in [-0.2, -0.15) is 5.26 Å². The molecule has 2 heterocycles. The summed E-state index contributed by atoms with van der Waals surface area (Å²) in [6.07, 6.45) is 2.38. The van der Waals surface area contributed by atoms with Crippen LogP contribution < -0.4 is 0 Å². The summed E-state index contributed by atoms with van der Waals surface area (Å²) in [7, 11) is 0. The number of alkyl halides is 1. The Labute approximate surface area is 121 Å². The van der Waals surface area contributed by atoms with Crippen LogP contribution in [0.3, 0.4) is 0 Å². The van der Waals surface area contributed by atoms with E-state index in [1.165, 1.54) is 0 Å². The third-order valence-corrected chi connectivity index (χ3v) is 3.23. The fourth-order valence-corrected chi connectivity index (χ4v) is 2.37. The first-order valence-electron chi connectivity index (χ1n) is 6.22. The van der Waals surface area contributed by atoms with E-state index in [1.807, 2.05) is 34.9 Å². The molecule has 0 aliphatic rings. The molecule has 0 saturated heterocycles. The van der Waals surface area contributed by atoms with Crippen LogP contribution in [0.4, 0.5) is 0 Å². The molecular formula is C15H11ClN4. The summed E-state index contributed by atoms with van der Waals surface area (Å²) in [5.41, 5.74) is 3.10. The van der Waals surface area contributed by atoms with Crippen LogP contribution >= 0.6 is 11.6 Å². The monoisotopic (exact) mass is 282 g/mol. The van der Waals surface area contributed by atoms with Crippen molar-refractivity contribution in [3.63, 3.8) is 0 Å². The van der Waals surface area contributed by atoms with E-state index in [1.54, 1.807) is 12.3 Å². The van der Waals surface area contributed by atoms with Gasteiger partial charge < -0.3 is 0 Å². The number of hydrogen-bond donors (Lipinski definition) is 0. The van der Waals surface area contributed by atoms with Gasteiger partial charge in [0.2, 0.25) is 0 Å². The molecule has 3 rings (SSSR count). The summed E-state index contributed by atoms with van der Waals surface area (Å²) in [5.74, 6) is 1.34. The number of fused-ring (bicyclic) bond motifs is 1. The second kappa shape index (κ2) is 5.32. The number of imidazole rings is 1. The Morgan fingerprint density at radius 3 is 2.95 bits per heavy atom. The summed E-state index contributed by atoms with van der Waals surface area (Å²) >= 11 is 5.86. The van der Waals surface area contributed by atoms with Crippen molar-refractivity contribution in [2.24, 2.45) is 0 Å². The largest absolute Gasteiger partial charge is 0.281 e. The van der Waals surface area contributed by atoms with E-state index in [0.29, 0.717) is 17.9 Å². The highest BCUT2D eigenvalue weighted by molar-refractivity contribution is 6.17. The number of halogens is 1. The van der Waals surface area contributed by atoms with E-state index in [0.717, 1.165) is 22.7 Å². The second-order valence-corrected chi connectivity index (χ2v) is 4.69. The van der Waals surface area contributed by atoms with E-state index < -0.39 is 0 Å². The third-order valence-electron chi connectivity index (χ3n) is 3.04. The molecular weight excluding hydrogens is 272 g/mol. The number of rotatable bonds is 3. The molecule has 0 spiro atoms. The molecule has 20 heavy (non-hydrogen) atoms. The lowest BCUT2D eigenvalue weighted by Gasteiger charge is -2.08. The van der Waals surface area contributed by atoms with Crippen molar-refractivity contribution in [3.05, 3.63) is 54.0 Å². The Bertz CT molecular complexity index is 801. The Hall–Kier alpha value is -2.38. The number of hydrogen-bond acceptors (Lipinski definition) is 3. The highest BCUT2D eigenvalue weighted by atomic mass is 35.5. The lowest BCUT2D eigenvalue weighted by molar-refractivity contribution is 0.905. The van der Waals surface area contributed by atoms with Crippen LogP contribution in [0.25, 0.3) is 16.9 Å². The first-order chi connectivity index (χ1) is 9.83. The molecule has 0 aliphatic carbocycles. The summed E-state index contributed by atoms with van der Waals surface area (Å²) in [5, 5.41) is 9.03. The fourth-order valence-electron chi connectivity index (χ4n) is 2.20.